The standard InChI is InChI=1S/C14H20N2O2/c1-10(8-15)14(17)16-12-4-2-3-5-13(12)18-9-11-6-7-11/h2-5,10-11H,6-9,15H2,1H3,(H,16,17). The highest BCUT2D eigenvalue weighted by molar-refractivity contribution is 5.93. The first-order chi connectivity index (χ1) is 8.70. The summed E-state index contributed by atoms with van der Waals surface area (Å²) in [4.78, 5) is 11.8. The molecule has 1 aliphatic carbocycles. The van der Waals surface area contributed by atoms with Gasteiger partial charge in [-0.05, 0) is 30.9 Å². The zero-order valence-corrected chi connectivity index (χ0v) is 10.7. The molecule has 1 atom stereocenters. The first-order valence-corrected chi connectivity index (χ1v) is 6.43. The number of anilines is 1. The lowest BCUT2D eigenvalue weighted by atomic mass is 10.1. The van der Waals surface area contributed by atoms with Crippen molar-refractivity contribution in [2.45, 2.75) is 19.8 Å². The quantitative estimate of drug-likeness (QED) is 0.809. The molecule has 1 aromatic rings. The molecule has 0 aromatic heterocycles. The lowest BCUT2D eigenvalue weighted by Crippen LogP contribution is -2.26. The van der Waals surface area contributed by atoms with Crippen molar-refractivity contribution in [1.82, 2.24) is 0 Å². The molecule has 18 heavy (non-hydrogen) atoms. The van der Waals surface area contributed by atoms with Crippen molar-refractivity contribution in [2.24, 2.45) is 17.6 Å². The molecule has 4 heteroatoms. The molecule has 3 N–H and O–H groups in total. The Kier molecular flexibility index (Phi) is 4.20. The van der Waals surface area contributed by atoms with Crippen LogP contribution < -0.4 is 15.8 Å². The molecule has 0 heterocycles. The van der Waals surface area contributed by atoms with Crippen LogP contribution in [-0.2, 0) is 4.79 Å². The van der Waals surface area contributed by atoms with Gasteiger partial charge in [-0.15, -0.1) is 0 Å². The largest absolute Gasteiger partial charge is 0.491 e. The number of para-hydroxylation sites is 2. The summed E-state index contributed by atoms with van der Waals surface area (Å²) in [6.07, 6.45) is 2.50. The molecule has 1 saturated carbocycles. The Bertz CT molecular complexity index is 416. The number of nitrogens with two attached hydrogens (primary N) is 1. The van der Waals surface area contributed by atoms with Gasteiger partial charge in [-0.3, -0.25) is 4.79 Å². The summed E-state index contributed by atoms with van der Waals surface area (Å²) in [5.41, 5.74) is 6.20. The van der Waals surface area contributed by atoms with Gasteiger partial charge in [-0.1, -0.05) is 19.1 Å². The number of hydrogen-bond donors (Lipinski definition) is 2. The Morgan fingerprint density at radius 3 is 2.89 bits per heavy atom. The summed E-state index contributed by atoms with van der Waals surface area (Å²) in [6.45, 7) is 2.89. The van der Waals surface area contributed by atoms with Gasteiger partial charge in [0.15, 0.2) is 0 Å². The van der Waals surface area contributed by atoms with Crippen LogP contribution in [0.2, 0.25) is 0 Å². The van der Waals surface area contributed by atoms with Crippen LogP contribution in [-0.4, -0.2) is 19.1 Å². The second-order valence-electron chi connectivity index (χ2n) is 4.88. The van der Waals surface area contributed by atoms with Crippen molar-refractivity contribution in [2.75, 3.05) is 18.5 Å². The van der Waals surface area contributed by atoms with Gasteiger partial charge in [0.25, 0.3) is 0 Å². The van der Waals surface area contributed by atoms with Crippen LogP contribution in [0.4, 0.5) is 5.69 Å². The Morgan fingerprint density at radius 2 is 2.22 bits per heavy atom. The summed E-state index contributed by atoms with van der Waals surface area (Å²) < 4.78 is 5.73. The molecule has 1 aliphatic rings. The van der Waals surface area contributed by atoms with E-state index in [4.69, 9.17) is 10.5 Å². The molecule has 1 fully saturated rings. The van der Waals surface area contributed by atoms with Crippen LogP contribution >= 0.6 is 0 Å². The number of amides is 1. The van der Waals surface area contributed by atoms with Crippen LogP contribution in [0, 0.1) is 11.8 Å². The minimum atomic E-state index is -0.193. The predicted molar refractivity (Wildman–Crippen MR) is 71.5 cm³/mol. The number of hydrogen-bond acceptors (Lipinski definition) is 3. The van der Waals surface area contributed by atoms with E-state index < -0.39 is 0 Å². The highest BCUT2D eigenvalue weighted by Crippen LogP contribution is 2.31. The highest BCUT2D eigenvalue weighted by atomic mass is 16.5. The van der Waals surface area contributed by atoms with E-state index in [0.29, 0.717) is 12.5 Å². The summed E-state index contributed by atoms with van der Waals surface area (Å²) >= 11 is 0. The molecule has 98 valence electrons. The molecule has 0 bridgehead atoms. The molecule has 0 radical (unpaired) electrons. The van der Waals surface area contributed by atoms with Crippen LogP contribution in [0.3, 0.4) is 0 Å². The van der Waals surface area contributed by atoms with Gasteiger partial charge in [-0.2, -0.15) is 0 Å². The average molecular weight is 248 g/mol. The zero-order chi connectivity index (χ0) is 13.0. The van der Waals surface area contributed by atoms with Crippen molar-refractivity contribution in [1.29, 1.82) is 0 Å². The molecule has 4 nitrogen and oxygen atoms in total. The summed E-state index contributed by atoms with van der Waals surface area (Å²) in [7, 11) is 0. The highest BCUT2D eigenvalue weighted by Gasteiger charge is 2.22. The van der Waals surface area contributed by atoms with Crippen LogP contribution in [0.15, 0.2) is 24.3 Å². The molecule has 0 spiro atoms. The summed E-state index contributed by atoms with van der Waals surface area (Å²) in [5, 5.41) is 2.86. The number of carbonyl (C=O) groups is 1. The fourth-order valence-corrected chi connectivity index (χ4v) is 1.55. The van der Waals surface area contributed by atoms with Gasteiger partial charge in [0, 0.05) is 12.5 Å². The topological polar surface area (TPSA) is 64.4 Å². The van der Waals surface area contributed by atoms with Gasteiger partial charge in [-0.25, -0.2) is 0 Å². The fraction of sp³-hybridized carbons (Fsp3) is 0.500. The van der Waals surface area contributed by atoms with E-state index in [0.717, 1.165) is 18.0 Å². The van der Waals surface area contributed by atoms with Crippen molar-refractivity contribution < 1.29 is 9.53 Å². The number of nitrogens with one attached hydrogen (secondary N) is 1. The number of ether oxygens (including phenoxy) is 1. The molecule has 1 unspecified atom stereocenters. The number of benzene rings is 1. The number of carbonyl (C=O) groups excluding carboxylic acids is 1. The van der Waals surface area contributed by atoms with Gasteiger partial charge < -0.3 is 15.8 Å². The van der Waals surface area contributed by atoms with E-state index >= 15 is 0 Å². The van der Waals surface area contributed by atoms with Gasteiger partial charge in [0.2, 0.25) is 5.91 Å². The Hall–Kier alpha value is -1.55. The minimum absolute atomic E-state index is 0.0695. The molecular weight excluding hydrogens is 228 g/mol. The van der Waals surface area contributed by atoms with Crippen LogP contribution in [0.25, 0.3) is 0 Å². The van der Waals surface area contributed by atoms with Crippen molar-refractivity contribution in [3.8, 4) is 5.75 Å². The third-order valence-electron chi connectivity index (χ3n) is 3.12. The van der Waals surface area contributed by atoms with Gasteiger partial charge in [0.1, 0.15) is 5.75 Å². The Morgan fingerprint density at radius 1 is 1.50 bits per heavy atom. The smallest absolute Gasteiger partial charge is 0.228 e. The molecule has 1 aromatic carbocycles. The molecule has 0 saturated heterocycles. The molecule has 0 aliphatic heterocycles. The first-order valence-electron chi connectivity index (χ1n) is 6.43. The maximum Gasteiger partial charge on any atom is 0.228 e. The van der Waals surface area contributed by atoms with E-state index in [2.05, 4.69) is 5.32 Å². The van der Waals surface area contributed by atoms with E-state index in [1.807, 2.05) is 31.2 Å². The third kappa shape index (κ3) is 3.47. The van der Waals surface area contributed by atoms with Crippen molar-refractivity contribution >= 4 is 11.6 Å². The van der Waals surface area contributed by atoms with E-state index in [1.54, 1.807) is 0 Å². The fourth-order valence-electron chi connectivity index (χ4n) is 1.55. The minimum Gasteiger partial charge on any atom is -0.491 e. The van der Waals surface area contributed by atoms with Crippen LogP contribution in [0.1, 0.15) is 19.8 Å². The second-order valence-corrected chi connectivity index (χ2v) is 4.88. The summed E-state index contributed by atoms with van der Waals surface area (Å²) in [5.74, 6) is 1.17. The normalized spacial score (nSPS) is 16.1. The van der Waals surface area contributed by atoms with Crippen molar-refractivity contribution in [3.63, 3.8) is 0 Å². The molecular formula is C14H20N2O2. The van der Waals surface area contributed by atoms with Crippen LogP contribution in [0.5, 0.6) is 5.75 Å². The predicted octanol–water partition coefficient (Wildman–Crippen LogP) is 2.01. The SMILES string of the molecule is CC(CN)C(=O)Nc1ccccc1OCC1CC1. The first kappa shape index (κ1) is 12.9. The number of rotatable bonds is 6. The molecule has 1 amide bonds. The van der Waals surface area contributed by atoms with E-state index in [9.17, 15) is 4.79 Å². The van der Waals surface area contributed by atoms with Gasteiger partial charge in [0.05, 0.1) is 12.3 Å². The lowest BCUT2D eigenvalue weighted by Gasteiger charge is -2.14. The third-order valence-corrected chi connectivity index (χ3v) is 3.12. The lowest BCUT2D eigenvalue weighted by molar-refractivity contribution is -0.119. The zero-order valence-electron chi connectivity index (χ0n) is 10.7. The summed E-state index contributed by atoms with van der Waals surface area (Å²) in [6, 6.07) is 7.52. The van der Waals surface area contributed by atoms with Gasteiger partial charge >= 0.3 is 0 Å². The maximum absolute atomic E-state index is 11.8. The maximum atomic E-state index is 11.8. The Balaban J connectivity index is 1.99. The monoisotopic (exact) mass is 248 g/mol. The van der Waals surface area contributed by atoms with E-state index in [-0.39, 0.29) is 11.8 Å². The van der Waals surface area contributed by atoms with Crippen molar-refractivity contribution in [3.05, 3.63) is 24.3 Å². The molecule has 2 rings (SSSR count). The average Bonchev–Trinajstić information content (AvgIpc) is 3.20. The Labute approximate surface area is 108 Å². The van der Waals surface area contributed by atoms with E-state index in [1.165, 1.54) is 12.8 Å². The second kappa shape index (κ2) is 5.87.